The molecule has 1 aromatic heterocycles. The zero-order valence-corrected chi connectivity index (χ0v) is 13.1. The highest BCUT2D eigenvalue weighted by Gasteiger charge is 2.25. The largest absolute Gasteiger partial charge is 0.475 e. The van der Waals surface area contributed by atoms with E-state index in [2.05, 4.69) is 0 Å². The van der Waals surface area contributed by atoms with Gasteiger partial charge >= 0.3 is 5.97 Å². The zero-order chi connectivity index (χ0) is 18.8. The van der Waals surface area contributed by atoms with E-state index in [0.717, 1.165) is 0 Å². The Morgan fingerprint density at radius 1 is 0.923 bits per heavy atom. The first-order valence-electron chi connectivity index (χ1n) is 7.35. The summed E-state index contributed by atoms with van der Waals surface area (Å²) < 4.78 is 5.35. The second kappa shape index (κ2) is 6.56. The summed E-state index contributed by atoms with van der Waals surface area (Å²) in [6, 6.07) is 8.54. The number of carboxylic acids is 1. The third kappa shape index (κ3) is 2.51. The minimum absolute atomic E-state index is 0.0482. The van der Waals surface area contributed by atoms with Gasteiger partial charge in [-0.05, 0) is 12.1 Å². The number of carboxylic acid groups (broad SMARTS) is 1. The standard InChI is InChI=1S/C19H10O7/c20-7-10-5-6-11(14(9-22)13(10)8-21)16-17(23)12-3-1-2-4-15(12)26-18(16)19(24)25/h1-9H,(H,24,25). The summed E-state index contributed by atoms with van der Waals surface area (Å²) in [6.45, 7) is 0. The van der Waals surface area contributed by atoms with Crippen LogP contribution in [0.2, 0.25) is 0 Å². The number of aldehydes is 3. The number of carbonyl (C=O) groups excluding carboxylic acids is 3. The summed E-state index contributed by atoms with van der Waals surface area (Å²) in [7, 11) is 0. The van der Waals surface area contributed by atoms with Gasteiger partial charge in [0.05, 0.1) is 10.9 Å². The highest BCUT2D eigenvalue weighted by molar-refractivity contribution is 6.06. The highest BCUT2D eigenvalue weighted by Crippen LogP contribution is 2.29. The molecule has 2 aromatic carbocycles. The van der Waals surface area contributed by atoms with Crippen molar-refractivity contribution in [1.82, 2.24) is 0 Å². The van der Waals surface area contributed by atoms with Crippen molar-refractivity contribution in [3.63, 3.8) is 0 Å². The molecular formula is C19H10O7. The van der Waals surface area contributed by atoms with Crippen LogP contribution in [0.5, 0.6) is 0 Å². The molecule has 26 heavy (non-hydrogen) atoms. The smallest absolute Gasteiger partial charge is 0.372 e. The molecule has 7 nitrogen and oxygen atoms in total. The number of para-hydroxylation sites is 1. The molecule has 0 aliphatic rings. The molecule has 0 bridgehead atoms. The van der Waals surface area contributed by atoms with E-state index in [1.54, 1.807) is 12.1 Å². The van der Waals surface area contributed by atoms with Crippen LogP contribution in [-0.4, -0.2) is 29.9 Å². The Kier molecular flexibility index (Phi) is 4.28. The van der Waals surface area contributed by atoms with Gasteiger partial charge in [-0.15, -0.1) is 0 Å². The van der Waals surface area contributed by atoms with Crippen LogP contribution in [0.4, 0.5) is 0 Å². The van der Waals surface area contributed by atoms with Crippen molar-refractivity contribution in [3.8, 4) is 11.1 Å². The van der Waals surface area contributed by atoms with Crippen LogP contribution in [0.25, 0.3) is 22.1 Å². The molecular weight excluding hydrogens is 340 g/mol. The van der Waals surface area contributed by atoms with E-state index < -0.39 is 17.2 Å². The fraction of sp³-hybridized carbons (Fsp3) is 0. The molecule has 0 amide bonds. The second-order valence-corrected chi connectivity index (χ2v) is 5.32. The van der Waals surface area contributed by atoms with Crippen LogP contribution in [0.1, 0.15) is 41.6 Å². The Bertz CT molecular complexity index is 1140. The molecule has 7 heteroatoms. The number of aromatic carboxylic acids is 1. The molecule has 0 atom stereocenters. The van der Waals surface area contributed by atoms with Gasteiger partial charge in [0.1, 0.15) is 5.58 Å². The number of hydrogen-bond donors (Lipinski definition) is 1. The number of rotatable bonds is 5. The SMILES string of the molecule is O=Cc1ccc(-c2c(C(=O)O)oc3ccccc3c2=O)c(C=O)c1C=O. The van der Waals surface area contributed by atoms with Crippen LogP contribution in [-0.2, 0) is 0 Å². The lowest BCUT2D eigenvalue weighted by atomic mass is 9.92. The predicted molar refractivity (Wildman–Crippen MR) is 91.0 cm³/mol. The molecule has 0 fully saturated rings. The Morgan fingerprint density at radius 3 is 2.23 bits per heavy atom. The maximum atomic E-state index is 12.9. The van der Waals surface area contributed by atoms with Gasteiger partial charge in [-0.2, -0.15) is 0 Å². The van der Waals surface area contributed by atoms with E-state index in [-0.39, 0.29) is 38.8 Å². The van der Waals surface area contributed by atoms with E-state index in [1.165, 1.54) is 24.3 Å². The zero-order valence-electron chi connectivity index (χ0n) is 13.1. The lowest BCUT2D eigenvalue weighted by molar-refractivity contribution is 0.0664. The van der Waals surface area contributed by atoms with Gasteiger partial charge in [0.25, 0.3) is 0 Å². The highest BCUT2D eigenvalue weighted by atomic mass is 16.4. The molecule has 0 spiro atoms. The quantitative estimate of drug-likeness (QED) is 0.702. The summed E-state index contributed by atoms with van der Waals surface area (Å²) in [5.41, 5.74) is -1.57. The maximum absolute atomic E-state index is 12.9. The van der Waals surface area contributed by atoms with Crippen molar-refractivity contribution in [3.05, 3.63) is 69.1 Å². The van der Waals surface area contributed by atoms with Crippen LogP contribution in [0.15, 0.2) is 45.6 Å². The average Bonchev–Trinajstić information content (AvgIpc) is 2.66. The number of carbonyl (C=O) groups is 4. The van der Waals surface area contributed by atoms with Crippen molar-refractivity contribution in [2.24, 2.45) is 0 Å². The van der Waals surface area contributed by atoms with Gasteiger partial charge in [-0.3, -0.25) is 19.2 Å². The minimum Gasteiger partial charge on any atom is -0.475 e. The van der Waals surface area contributed by atoms with Crippen LogP contribution in [0.3, 0.4) is 0 Å². The molecule has 0 saturated heterocycles. The summed E-state index contributed by atoms with van der Waals surface area (Å²) in [5.74, 6) is -2.17. The first kappa shape index (κ1) is 17.0. The fourth-order valence-corrected chi connectivity index (χ4v) is 2.77. The molecule has 128 valence electrons. The van der Waals surface area contributed by atoms with E-state index in [9.17, 15) is 29.1 Å². The summed E-state index contributed by atoms with van der Waals surface area (Å²) in [5, 5.41) is 9.58. The Labute approximate surface area is 145 Å². The van der Waals surface area contributed by atoms with E-state index in [1.807, 2.05) is 0 Å². The Morgan fingerprint density at radius 2 is 1.62 bits per heavy atom. The third-order valence-corrected chi connectivity index (χ3v) is 3.94. The minimum atomic E-state index is -1.51. The lowest BCUT2D eigenvalue weighted by Gasteiger charge is -2.11. The first-order valence-corrected chi connectivity index (χ1v) is 7.35. The topological polar surface area (TPSA) is 119 Å². The van der Waals surface area contributed by atoms with Crippen molar-refractivity contribution >= 4 is 35.8 Å². The number of hydrogen-bond acceptors (Lipinski definition) is 6. The normalized spacial score (nSPS) is 10.5. The van der Waals surface area contributed by atoms with Gasteiger partial charge in [0, 0.05) is 22.3 Å². The molecule has 3 aromatic rings. The monoisotopic (exact) mass is 350 g/mol. The predicted octanol–water partition coefficient (Wildman–Crippen LogP) is 2.60. The maximum Gasteiger partial charge on any atom is 0.372 e. The molecule has 0 aliphatic carbocycles. The first-order chi connectivity index (χ1) is 12.5. The van der Waals surface area contributed by atoms with Gasteiger partial charge < -0.3 is 9.52 Å². The average molecular weight is 350 g/mol. The van der Waals surface area contributed by atoms with Gasteiger partial charge in [0.15, 0.2) is 18.9 Å². The molecule has 3 rings (SSSR count). The molecule has 0 unspecified atom stereocenters. The summed E-state index contributed by atoms with van der Waals surface area (Å²) in [6.07, 6.45) is 0.994. The molecule has 1 N–H and O–H groups in total. The van der Waals surface area contributed by atoms with E-state index in [4.69, 9.17) is 4.42 Å². The fourth-order valence-electron chi connectivity index (χ4n) is 2.77. The van der Waals surface area contributed by atoms with Gasteiger partial charge in [0.2, 0.25) is 11.2 Å². The third-order valence-electron chi connectivity index (χ3n) is 3.94. The lowest BCUT2D eigenvalue weighted by Crippen LogP contribution is -2.14. The summed E-state index contributed by atoms with van der Waals surface area (Å²) >= 11 is 0. The van der Waals surface area contributed by atoms with Crippen molar-refractivity contribution in [1.29, 1.82) is 0 Å². The van der Waals surface area contributed by atoms with Crippen LogP contribution >= 0.6 is 0 Å². The number of benzene rings is 2. The number of fused-ring (bicyclic) bond motifs is 1. The van der Waals surface area contributed by atoms with Crippen LogP contribution in [0, 0.1) is 0 Å². The van der Waals surface area contributed by atoms with Gasteiger partial charge in [-0.25, -0.2) is 4.79 Å². The van der Waals surface area contributed by atoms with Crippen molar-refractivity contribution < 1.29 is 28.7 Å². The van der Waals surface area contributed by atoms with Crippen LogP contribution < -0.4 is 5.43 Å². The van der Waals surface area contributed by atoms with E-state index >= 15 is 0 Å². The van der Waals surface area contributed by atoms with Gasteiger partial charge in [-0.1, -0.05) is 24.3 Å². The Hall–Kier alpha value is -3.87. The Balaban J connectivity index is 2.52. The molecule has 0 radical (unpaired) electrons. The summed E-state index contributed by atoms with van der Waals surface area (Å²) in [4.78, 5) is 58.5. The molecule has 0 aliphatic heterocycles. The molecule has 1 heterocycles. The van der Waals surface area contributed by atoms with Crippen molar-refractivity contribution in [2.75, 3.05) is 0 Å². The van der Waals surface area contributed by atoms with E-state index in [0.29, 0.717) is 18.9 Å². The second-order valence-electron chi connectivity index (χ2n) is 5.32. The van der Waals surface area contributed by atoms with Crippen molar-refractivity contribution in [2.45, 2.75) is 0 Å². The molecule has 0 saturated carbocycles.